The molecule has 0 fully saturated rings. The van der Waals surface area contributed by atoms with Crippen molar-refractivity contribution in [2.75, 3.05) is 0 Å². The number of rotatable bonds is 2. The first-order valence-electron chi connectivity index (χ1n) is 10.0. The van der Waals surface area contributed by atoms with E-state index in [9.17, 15) is 4.79 Å². The molecule has 0 spiro atoms. The molecule has 5 heterocycles. The van der Waals surface area contributed by atoms with E-state index in [1.165, 1.54) is 0 Å². The Balaban J connectivity index is 0.000000141. The van der Waals surface area contributed by atoms with E-state index >= 15 is 0 Å². The summed E-state index contributed by atoms with van der Waals surface area (Å²) in [6.45, 7) is 0. The average molecular weight is 609 g/mol. The molecule has 0 unspecified atom stereocenters. The Morgan fingerprint density at radius 3 is 1.27 bits per heavy atom. The zero-order valence-electron chi connectivity index (χ0n) is 17.6. The quantitative estimate of drug-likeness (QED) is 0.303. The molecule has 0 N–H and O–H groups in total. The Morgan fingerprint density at radius 2 is 1.03 bits per heavy atom. The van der Waals surface area contributed by atoms with Gasteiger partial charge in [-0.25, -0.2) is 0 Å². The van der Waals surface area contributed by atoms with Crippen LogP contribution in [0.1, 0.15) is 6.42 Å². The molecule has 0 saturated heterocycles. The molecule has 0 bridgehead atoms. The summed E-state index contributed by atoms with van der Waals surface area (Å²) in [5.74, 6) is 1.85. The Kier molecular flexibility index (Phi) is 9.71. The maximum Gasteiger partial charge on any atom is 0.0886 e. The molecular weight excluding hydrogens is 589 g/mol. The van der Waals surface area contributed by atoms with Crippen LogP contribution < -0.4 is 0 Å². The van der Waals surface area contributed by atoms with Crippen molar-refractivity contribution < 1.29 is 23.4 Å². The summed E-state index contributed by atoms with van der Waals surface area (Å²) >= 11 is 1.62. The van der Waals surface area contributed by atoms with Gasteiger partial charge in [-0.1, -0.05) is 24.3 Å². The zero-order valence-corrected chi connectivity index (χ0v) is 20.1. The van der Waals surface area contributed by atoms with Crippen LogP contribution in [0, 0.1) is 0 Å². The summed E-state index contributed by atoms with van der Waals surface area (Å²) in [7, 11) is 0. The van der Waals surface area contributed by atoms with E-state index in [1.807, 2.05) is 84.8 Å². The van der Waals surface area contributed by atoms with Crippen molar-refractivity contribution in [2.45, 2.75) is 6.42 Å². The van der Waals surface area contributed by atoms with Gasteiger partial charge in [-0.05, 0) is 48.5 Å². The Morgan fingerprint density at radius 1 is 0.636 bits per heavy atom. The third-order valence-electron chi connectivity index (χ3n) is 4.16. The van der Waals surface area contributed by atoms with Crippen molar-refractivity contribution in [1.82, 2.24) is 19.9 Å². The molecule has 1 aliphatic heterocycles. The number of aromatic nitrogens is 4. The minimum absolute atomic E-state index is 0.677. The second-order valence-corrected chi connectivity index (χ2v) is 7.64. The number of pyridine rings is 4. The average Bonchev–Trinajstić information content (AvgIpc) is 2.92. The largest absolute Gasteiger partial charge is 0.255 e. The minimum Gasteiger partial charge on any atom is -0.255 e. The number of hydrogen-bond donors (Lipinski definition) is 0. The van der Waals surface area contributed by atoms with Crippen molar-refractivity contribution in [3.8, 4) is 22.8 Å². The molecule has 0 aliphatic carbocycles. The van der Waals surface area contributed by atoms with Gasteiger partial charge in [0.15, 0.2) is 0 Å². The van der Waals surface area contributed by atoms with Crippen LogP contribution in [0.15, 0.2) is 120 Å². The molecule has 0 atom stereocenters. The number of allylic oxidation sites excluding steroid dienone is 2. The summed E-state index contributed by atoms with van der Waals surface area (Å²) in [6.07, 6.45) is 11.3. The fourth-order valence-electron chi connectivity index (χ4n) is 2.59. The summed E-state index contributed by atoms with van der Waals surface area (Å²) < 4.78 is 0.813. The summed E-state index contributed by atoms with van der Waals surface area (Å²) in [5, 5.41) is 0. The van der Waals surface area contributed by atoms with E-state index in [0.717, 1.165) is 27.0 Å². The molecule has 7 heteroatoms. The van der Waals surface area contributed by atoms with Gasteiger partial charge in [0.2, 0.25) is 0 Å². The van der Waals surface area contributed by atoms with Crippen LogP contribution in [0.25, 0.3) is 22.8 Å². The maximum absolute atomic E-state index is 10.1. The normalized spacial score (nSPS) is 11.7. The van der Waals surface area contributed by atoms with Crippen LogP contribution in [0.5, 0.6) is 0 Å². The Labute approximate surface area is 202 Å². The maximum atomic E-state index is 10.1. The van der Waals surface area contributed by atoms with Crippen LogP contribution >= 0.6 is 0 Å². The molecular formula is C26H20N5OOs. The van der Waals surface area contributed by atoms with E-state index in [0.29, 0.717) is 12.0 Å². The van der Waals surface area contributed by atoms with Crippen LogP contribution in [-0.2, 0) is 23.4 Å². The monoisotopic (exact) mass is 610 g/mol. The van der Waals surface area contributed by atoms with Crippen LogP contribution in [0.4, 0.5) is 0 Å². The molecule has 4 aromatic heterocycles. The fourth-order valence-corrected chi connectivity index (χ4v) is 3.16. The second kappa shape index (κ2) is 13.5. The number of nitrogens with zero attached hydrogens (tertiary/aromatic N) is 5. The summed E-state index contributed by atoms with van der Waals surface area (Å²) in [4.78, 5) is 30.8. The summed E-state index contributed by atoms with van der Waals surface area (Å²) in [6, 6.07) is 23.2. The van der Waals surface area contributed by atoms with Gasteiger partial charge >= 0.3 is 62.9 Å². The first kappa shape index (κ1) is 23.8. The van der Waals surface area contributed by atoms with Gasteiger partial charge in [0.1, 0.15) is 0 Å². The molecule has 6 nitrogen and oxygen atoms in total. The predicted octanol–water partition coefficient (Wildman–Crippen LogP) is 4.89. The Hall–Kier alpha value is -3.90. The molecule has 4 aromatic rings. The molecule has 0 aromatic carbocycles. The van der Waals surface area contributed by atoms with E-state index in [1.54, 1.807) is 49.6 Å². The molecule has 163 valence electrons. The first-order chi connectivity index (χ1) is 16.3. The first-order valence-corrected chi connectivity index (χ1v) is 11.3. The second-order valence-electron chi connectivity index (χ2n) is 6.44. The predicted molar refractivity (Wildman–Crippen MR) is 125 cm³/mol. The van der Waals surface area contributed by atoms with Crippen LogP contribution in [-0.4, -0.2) is 30.1 Å². The van der Waals surface area contributed by atoms with Gasteiger partial charge in [0, 0.05) is 24.8 Å². The van der Waals surface area contributed by atoms with Gasteiger partial charge in [-0.15, -0.1) is 0 Å². The van der Waals surface area contributed by atoms with E-state index in [-0.39, 0.29) is 0 Å². The van der Waals surface area contributed by atoms with E-state index in [2.05, 4.69) is 24.9 Å². The van der Waals surface area contributed by atoms with Crippen molar-refractivity contribution in [2.24, 2.45) is 4.99 Å². The van der Waals surface area contributed by atoms with Gasteiger partial charge in [-0.2, -0.15) is 0 Å². The molecule has 5 rings (SSSR count). The van der Waals surface area contributed by atoms with Gasteiger partial charge in [0.05, 0.1) is 22.8 Å². The van der Waals surface area contributed by atoms with Crippen molar-refractivity contribution in [3.63, 3.8) is 0 Å². The number of hydrogen-bond acceptors (Lipinski definition) is 6. The molecule has 33 heavy (non-hydrogen) atoms. The minimum atomic E-state index is 0.677. The third-order valence-corrected chi connectivity index (χ3v) is 5.26. The smallest absolute Gasteiger partial charge is 0.0886 e. The molecule has 1 aliphatic rings. The number of aliphatic imine (C=N–C) groups is 1. The van der Waals surface area contributed by atoms with Crippen molar-refractivity contribution >= 4 is 10.2 Å². The third kappa shape index (κ3) is 7.94. The van der Waals surface area contributed by atoms with Gasteiger partial charge < -0.3 is 0 Å². The van der Waals surface area contributed by atoms with Gasteiger partial charge in [-0.3, -0.25) is 19.9 Å². The zero-order chi connectivity index (χ0) is 23.1. The van der Waals surface area contributed by atoms with Gasteiger partial charge in [0.25, 0.3) is 0 Å². The number of carbonyl (C=O) groups excluding carboxylic acids is 1. The molecule has 0 radical (unpaired) electrons. The molecule has 0 amide bonds. The molecule has 0 saturated carbocycles. The van der Waals surface area contributed by atoms with E-state index < -0.39 is 0 Å². The Bertz CT molecular complexity index is 1070. The fraction of sp³-hybridized carbons (Fsp3) is 0.0385. The summed E-state index contributed by atoms with van der Waals surface area (Å²) in [5.41, 5.74) is 4.34. The van der Waals surface area contributed by atoms with Crippen molar-refractivity contribution in [3.05, 3.63) is 115 Å². The standard InChI is InChI=1S/2C10H8N2.C6H4NO.Os/c2*1-3-7-11-9(5-1)10-6-2-4-8-12-10;8-5-6-2-1-3-7-4-6;/h2*1-8H;1,3H,2H2;. The SMILES string of the molecule is O=C=C1CC=CN=[C]1[Os].c1ccc(-c2ccccn2)nc1.c1ccc(-c2ccccn2)nc1. The van der Waals surface area contributed by atoms with Crippen LogP contribution in [0.2, 0.25) is 0 Å². The van der Waals surface area contributed by atoms with Crippen LogP contribution in [0.3, 0.4) is 0 Å². The topological polar surface area (TPSA) is 81.0 Å². The van der Waals surface area contributed by atoms with E-state index in [4.69, 9.17) is 0 Å². The van der Waals surface area contributed by atoms with Crippen molar-refractivity contribution in [1.29, 1.82) is 0 Å².